The summed E-state index contributed by atoms with van der Waals surface area (Å²) in [5.41, 5.74) is 0.777. The van der Waals surface area contributed by atoms with Crippen LogP contribution in [-0.2, 0) is 16.6 Å². The Hall–Kier alpha value is -3.53. The molecular formula is C24H22F2N2O5S. The van der Waals surface area contributed by atoms with Gasteiger partial charge in [0, 0.05) is 23.4 Å². The number of carbonyl (C=O) groups excluding carboxylic acids is 1. The summed E-state index contributed by atoms with van der Waals surface area (Å²) in [6.45, 7) is 0.243. The van der Waals surface area contributed by atoms with Gasteiger partial charge in [-0.3, -0.25) is 4.79 Å². The van der Waals surface area contributed by atoms with Crippen molar-refractivity contribution in [2.24, 2.45) is 5.92 Å². The molecule has 7 nitrogen and oxygen atoms in total. The molecule has 3 aromatic rings. The number of rotatable bonds is 9. The van der Waals surface area contributed by atoms with Crippen LogP contribution in [0.25, 0.3) is 11.1 Å². The molecule has 4 rings (SSSR count). The van der Waals surface area contributed by atoms with Crippen LogP contribution in [-0.4, -0.2) is 32.2 Å². The molecule has 1 heterocycles. The molecule has 1 amide bonds. The SMILES string of the molecule is CS(=O)(=O)NC(=O)c1cc(F)c(COc2cccc(-c3ccc(OCC4CC4)nc3)c2)c(F)c1. The molecular weight excluding hydrogens is 466 g/mol. The van der Waals surface area contributed by atoms with Gasteiger partial charge in [0.1, 0.15) is 24.0 Å². The normalized spacial score (nSPS) is 13.4. The van der Waals surface area contributed by atoms with Gasteiger partial charge >= 0.3 is 0 Å². The van der Waals surface area contributed by atoms with E-state index in [4.69, 9.17) is 9.47 Å². The Morgan fingerprint density at radius 2 is 1.79 bits per heavy atom. The van der Waals surface area contributed by atoms with E-state index in [0.717, 1.165) is 29.5 Å². The average molecular weight is 489 g/mol. The minimum absolute atomic E-state index is 0.379. The number of aromatic nitrogens is 1. The predicted molar refractivity (Wildman–Crippen MR) is 121 cm³/mol. The molecule has 0 spiro atoms. The fraction of sp³-hybridized carbons (Fsp3) is 0.250. The van der Waals surface area contributed by atoms with E-state index in [-0.39, 0.29) is 5.56 Å². The lowest BCUT2D eigenvalue weighted by Gasteiger charge is -2.11. The van der Waals surface area contributed by atoms with Crippen LogP contribution in [0.3, 0.4) is 0 Å². The standard InChI is InChI=1S/C24H22F2N2O5S/c1-34(30,31)28-24(29)18-10-21(25)20(22(26)11-18)14-32-19-4-2-3-16(9-19)17-7-8-23(27-12-17)33-13-15-5-6-15/h2-4,7-12,15H,5-6,13-14H2,1H3,(H,28,29). The van der Waals surface area contributed by atoms with Crippen LogP contribution in [0.4, 0.5) is 8.78 Å². The van der Waals surface area contributed by atoms with E-state index in [9.17, 15) is 22.0 Å². The van der Waals surface area contributed by atoms with Crippen LogP contribution in [0.5, 0.6) is 11.6 Å². The molecule has 0 saturated heterocycles. The first-order chi connectivity index (χ1) is 16.2. The van der Waals surface area contributed by atoms with Crippen LogP contribution in [0, 0.1) is 17.6 Å². The summed E-state index contributed by atoms with van der Waals surface area (Å²) < 4.78 is 64.1. The Morgan fingerprint density at radius 1 is 1.06 bits per heavy atom. The monoisotopic (exact) mass is 488 g/mol. The molecule has 1 aliphatic rings. The van der Waals surface area contributed by atoms with Crippen molar-refractivity contribution < 1.29 is 31.5 Å². The molecule has 1 fully saturated rings. The third-order valence-electron chi connectivity index (χ3n) is 5.13. The van der Waals surface area contributed by atoms with E-state index >= 15 is 0 Å². The van der Waals surface area contributed by atoms with Crippen molar-refractivity contribution in [2.45, 2.75) is 19.4 Å². The number of benzene rings is 2. The zero-order chi connectivity index (χ0) is 24.3. The van der Waals surface area contributed by atoms with E-state index in [0.29, 0.717) is 24.2 Å². The molecule has 1 N–H and O–H groups in total. The highest BCUT2D eigenvalue weighted by Gasteiger charge is 2.22. The maximum Gasteiger partial charge on any atom is 0.264 e. The lowest BCUT2D eigenvalue weighted by molar-refractivity contribution is 0.0980. The van der Waals surface area contributed by atoms with Gasteiger partial charge in [-0.1, -0.05) is 12.1 Å². The Morgan fingerprint density at radius 3 is 2.41 bits per heavy atom. The minimum atomic E-state index is -3.87. The van der Waals surface area contributed by atoms with E-state index in [1.54, 1.807) is 35.2 Å². The fourth-order valence-electron chi connectivity index (χ4n) is 3.14. The number of sulfonamides is 1. The number of hydrogen-bond acceptors (Lipinski definition) is 6. The van der Waals surface area contributed by atoms with Crippen LogP contribution in [0.1, 0.15) is 28.8 Å². The van der Waals surface area contributed by atoms with Crippen molar-refractivity contribution in [3.05, 3.63) is 77.5 Å². The van der Waals surface area contributed by atoms with Gasteiger partial charge in [-0.2, -0.15) is 0 Å². The minimum Gasteiger partial charge on any atom is -0.489 e. The number of halogens is 2. The second kappa shape index (κ2) is 9.76. The number of amides is 1. The summed E-state index contributed by atoms with van der Waals surface area (Å²) in [7, 11) is -3.87. The first-order valence-corrected chi connectivity index (χ1v) is 12.4. The van der Waals surface area contributed by atoms with Gasteiger partial charge < -0.3 is 9.47 Å². The summed E-state index contributed by atoms with van der Waals surface area (Å²) in [6.07, 6.45) is 4.84. The second-order valence-corrected chi connectivity index (χ2v) is 9.83. The van der Waals surface area contributed by atoms with Crippen molar-refractivity contribution in [2.75, 3.05) is 12.9 Å². The Balaban J connectivity index is 1.43. The van der Waals surface area contributed by atoms with Crippen molar-refractivity contribution in [1.29, 1.82) is 0 Å². The highest BCUT2D eigenvalue weighted by atomic mass is 32.2. The number of nitrogens with zero attached hydrogens (tertiary/aromatic N) is 1. The number of hydrogen-bond donors (Lipinski definition) is 1. The molecule has 1 aliphatic carbocycles. The Bertz CT molecular complexity index is 1290. The molecule has 178 valence electrons. The molecule has 0 radical (unpaired) electrons. The third-order valence-corrected chi connectivity index (χ3v) is 5.69. The number of nitrogens with one attached hydrogen (secondary N) is 1. The molecule has 1 aromatic heterocycles. The number of pyridine rings is 1. The molecule has 0 bridgehead atoms. The van der Waals surface area contributed by atoms with Gasteiger partial charge in [-0.25, -0.2) is 26.9 Å². The van der Waals surface area contributed by atoms with Crippen molar-refractivity contribution in [3.8, 4) is 22.8 Å². The van der Waals surface area contributed by atoms with Crippen LogP contribution in [0.2, 0.25) is 0 Å². The van der Waals surface area contributed by atoms with Gasteiger partial charge in [-0.05, 0) is 54.7 Å². The highest BCUT2D eigenvalue weighted by molar-refractivity contribution is 7.89. The topological polar surface area (TPSA) is 94.6 Å². The predicted octanol–water partition coefficient (Wildman–Crippen LogP) is 4.08. The third kappa shape index (κ3) is 6.28. The molecule has 0 aliphatic heterocycles. The molecule has 0 atom stereocenters. The Labute approximate surface area is 195 Å². The average Bonchev–Trinajstić information content (AvgIpc) is 3.61. The zero-order valence-corrected chi connectivity index (χ0v) is 19.1. The van der Waals surface area contributed by atoms with E-state index < -0.39 is 39.7 Å². The smallest absolute Gasteiger partial charge is 0.264 e. The first kappa shape index (κ1) is 23.6. The van der Waals surface area contributed by atoms with Crippen molar-refractivity contribution >= 4 is 15.9 Å². The number of ether oxygens (including phenoxy) is 2. The van der Waals surface area contributed by atoms with E-state index in [1.165, 1.54) is 12.8 Å². The quantitative estimate of drug-likeness (QED) is 0.488. The number of carbonyl (C=O) groups is 1. The maximum atomic E-state index is 14.4. The van der Waals surface area contributed by atoms with Gasteiger partial charge in [0.15, 0.2) is 0 Å². The van der Waals surface area contributed by atoms with Crippen LogP contribution in [0.15, 0.2) is 54.7 Å². The summed E-state index contributed by atoms with van der Waals surface area (Å²) in [5, 5.41) is 0. The fourth-order valence-corrected chi connectivity index (χ4v) is 3.60. The molecule has 1 saturated carbocycles. The van der Waals surface area contributed by atoms with Gasteiger partial charge in [0.25, 0.3) is 5.91 Å². The van der Waals surface area contributed by atoms with Gasteiger partial charge in [0.2, 0.25) is 15.9 Å². The Kier molecular flexibility index (Phi) is 6.78. The maximum absolute atomic E-state index is 14.4. The van der Waals surface area contributed by atoms with E-state index in [2.05, 4.69) is 4.98 Å². The summed E-state index contributed by atoms with van der Waals surface area (Å²) in [4.78, 5) is 16.2. The molecule has 10 heteroatoms. The summed E-state index contributed by atoms with van der Waals surface area (Å²) in [6, 6.07) is 12.1. The lowest BCUT2D eigenvalue weighted by Crippen LogP contribution is -2.29. The largest absolute Gasteiger partial charge is 0.489 e. The lowest BCUT2D eigenvalue weighted by atomic mass is 10.1. The van der Waals surface area contributed by atoms with Crippen LogP contribution >= 0.6 is 0 Å². The molecule has 34 heavy (non-hydrogen) atoms. The zero-order valence-electron chi connectivity index (χ0n) is 18.3. The van der Waals surface area contributed by atoms with E-state index in [1.807, 2.05) is 12.1 Å². The highest BCUT2D eigenvalue weighted by Crippen LogP contribution is 2.30. The molecule has 2 aromatic carbocycles. The molecule has 0 unspecified atom stereocenters. The van der Waals surface area contributed by atoms with Gasteiger partial charge in [0.05, 0.1) is 18.4 Å². The second-order valence-electron chi connectivity index (χ2n) is 8.08. The summed E-state index contributed by atoms with van der Waals surface area (Å²) in [5.74, 6) is -1.61. The van der Waals surface area contributed by atoms with Crippen LogP contribution < -0.4 is 14.2 Å². The van der Waals surface area contributed by atoms with Crippen molar-refractivity contribution in [3.63, 3.8) is 0 Å². The van der Waals surface area contributed by atoms with Gasteiger partial charge in [-0.15, -0.1) is 0 Å². The summed E-state index contributed by atoms with van der Waals surface area (Å²) >= 11 is 0. The van der Waals surface area contributed by atoms with Crippen molar-refractivity contribution in [1.82, 2.24) is 9.71 Å². The first-order valence-electron chi connectivity index (χ1n) is 10.5.